The summed E-state index contributed by atoms with van der Waals surface area (Å²) in [5.41, 5.74) is 0.257. The van der Waals surface area contributed by atoms with Gasteiger partial charge in [0.25, 0.3) is 0 Å². The quantitative estimate of drug-likeness (QED) is 0.668. The molecule has 0 saturated heterocycles. The predicted molar refractivity (Wildman–Crippen MR) is 107 cm³/mol. The van der Waals surface area contributed by atoms with E-state index in [2.05, 4.69) is 13.8 Å². The molecule has 0 radical (unpaired) electrons. The van der Waals surface area contributed by atoms with Crippen molar-refractivity contribution in [3.05, 3.63) is 0 Å². The molecule has 3 aliphatic carbocycles. The molecule has 0 spiro atoms. The number of aliphatic hydroxyl groups excluding tert-OH is 1. The number of hydrogen-bond donors (Lipinski definition) is 2. The van der Waals surface area contributed by atoms with Gasteiger partial charge >= 0.3 is 11.9 Å². The van der Waals surface area contributed by atoms with Crippen molar-refractivity contribution >= 4 is 11.9 Å². The van der Waals surface area contributed by atoms with Crippen molar-refractivity contribution in [1.29, 1.82) is 0 Å². The minimum absolute atomic E-state index is 0.0518. The molecule has 0 bridgehead atoms. The summed E-state index contributed by atoms with van der Waals surface area (Å²) in [5, 5.41) is 19.2. The van der Waals surface area contributed by atoms with Crippen molar-refractivity contribution in [2.75, 3.05) is 0 Å². The van der Waals surface area contributed by atoms with E-state index >= 15 is 0 Å². The van der Waals surface area contributed by atoms with Crippen LogP contribution >= 0.6 is 0 Å². The van der Waals surface area contributed by atoms with E-state index in [1.165, 1.54) is 0 Å². The monoisotopic (exact) mass is 394 g/mol. The van der Waals surface area contributed by atoms with E-state index in [9.17, 15) is 19.8 Å². The zero-order valence-electron chi connectivity index (χ0n) is 17.6. The lowest BCUT2D eigenvalue weighted by molar-refractivity contribution is -0.165. The van der Waals surface area contributed by atoms with E-state index in [0.29, 0.717) is 24.7 Å². The SMILES string of the molecule is CC(C)(C1CCC(O)CC1)C1CCC(OC(=O)[C@@H]2CCCC[C@@H]2C(=O)O)CC1. The standard InChI is InChI=1S/C23H38O5/c1-23(2,15-7-11-17(24)12-8-15)16-9-13-18(14-10-16)28-22(27)20-6-4-3-5-19(20)21(25)26/h15-20,24H,3-14H2,1-2H3,(H,25,26)/t15?,16?,17?,18?,19-,20+/m0/s1. The van der Waals surface area contributed by atoms with Crippen LogP contribution in [0.2, 0.25) is 0 Å². The van der Waals surface area contributed by atoms with Crippen LogP contribution in [-0.2, 0) is 14.3 Å². The number of esters is 1. The van der Waals surface area contributed by atoms with E-state index in [1.807, 2.05) is 0 Å². The Bertz CT molecular complexity index is 541. The molecule has 0 aromatic carbocycles. The molecule has 3 rings (SSSR count). The molecule has 0 amide bonds. The van der Waals surface area contributed by atoms with Gasteiger partial charge < -0.3 is 14.9 Å². The van der Waals surface area contributed by atoms with Crippen molar-refractivity contribution in [1.82, 2.24) is 0 Å². The maximum absolute atomic E-state index is 12.6. The van der Waals surface area contributed by atoms with Crippen LogP contribution in [0.1, 0.15) is 90.9 Å². The largest absolute Gasteiger partial charge is 0.481 e. The molecule has 0 heterocycles. The highest BCUT2D eigenvalue weighted by Crippen LogP contribution is 2.48. The summed E-state index contributed by atoms with van der Waals surface area (Å²) in [4.78, 5) is 24.1. The molecule has 0 aromatic rings. The minimum Gasteiger partial charge on any atom is -0.481 e. The first-order valence-electron chi connectivity index (χ1n) is 11.4. The van der Waals surface area contributed by atoms with Crippen molar-refractivity contribution in [3.63, 3.8) is 0 Å². The molecule has 160 valence electrons. The second-order valence-corrected chi connectivity index (χ2v) is 10.1. The highest BCUT2D eigenvalue weighted by molar-refractivity contribution is 5.81. The Morgan fingerprint density at radius 1 is 0.786 bits per heavy atom. The van der Waals surface area contributed by atoms with Crippen LogP contribution in [0.25, 0.3) is 0 Å². The van der Waals surface area contributed by atoms with Gasteiger partial charge in [0.05, 0.1) is 17.9 Å². The minimum atomic E-state index is -0.857. The highest BCUT2D eigenvalue weighted by Gasteiger charge is 2.42. The molecule has 3 fully saturated rings. The maximum atomic E-state index is 12.6. The third kappa shape index (κ3) is 4.90. The summed E-state index contributed by atoms with van der Waals surface area (Å²) in [6.45, 7) is 4.76. The average molecular weight is 395 g/mol. The Labute approximate surface area is 169 Å². The highest BCUT2D eigenvalue weighted by atomic mass is 16.5. The number of carbonyl (C=O) groups excluding carboxylic acids is 1. The first-order valence-corrected chi connectivity index (χ1v) is 11.4. The molecule has 28 heavy (non-hydrogen) atoms. The first-order chi connectivity index (χ1) is 13.3. The lowest BCUT2D eigenvalue weighted by Crippen LogP contribution is -2.40. The first kappa shape index (κ1) is 21.6. The smallest absolute Gasteiger partial charge is 0.310 e. The molecule has 2 atom stereocenters. The number of hydrogen-bond acceptors (Lipinski definition) is 4. The maximum Gasteiger partial charge on any atom is 0.310 e. The van der Waals surface area contributed by atoms with E-state index in [1.54, 1.807) is 0 Å². The normalized spacial score (nSPS) is 37.2. The van der Waals surface area contributed by atoms with Gasteiger partial charge in [0, 0.05) is 0 Å². The van der Waals surface area contributed by atoms with Gasteiger partial charge in [0.15, 0.2) is 0 Å². The Hall–Kier alpha value is -1.10. The van der Waals surface area contributed by atoms with Gasteiger partial charge in [0.2, 0.25) is 0 Å². The third-order valence-electron chi connectivity index (χ3n) is 8.14. The van der Waals surface area contributed by atoms with Gasteiger partial charge in [-0.1, -0.05) is 26.7 Å². The predicted octanol–water partition coefficient (Wildman–Crippen LogP) is 4.56. The average Bonchev–Trinajstić information content (AvgIpc) is 2.68. The number of carboxylic acids is 1. The summed E-state index contributed by atoms with van der Waals surface area (Å²) in [6, 6.07) is 0. The number of rotatable bonds is 5. The van der Waals surface area contributed by atoms with Crippen molar-refractivity contribution in [2.45, 2.75) is 103 Å². The molecular formula is C23H38O5. The number of aliphatic carboxylic acids is 1. The van der Waals surface area contributed by atoms with Gasteiger partial charge in [-0.2, -0.15) is 0 Å². The summed E-state index contributed by atoms with van der Waals surface area (Å²) < 4.78 is 5.80. The lowest BCUT2D eigenvalue weighted by Gasteiger charge is -2.46. The molecule has 0 aromatic heterocycles. The Kier molecular flexibility index (Phi) is 7.06. The lowest BCUT2D eigenvalue weighted by atomic mass is 9.60. The number of carboxylic acid groups (broad SMARTS) is 1. The summed E-state index contributed by atoms with van der Waals surface area (Å²) in [6.07, 6.45) is 10.9. The fourth-order valence-corrected chi connectivity index (χ4v) is 6.04. The Morgan fingerprint density at radius 3 is 1.82 bits per heavy atom. The Balaban J connectivity index is 1.49. The molecule has 3 saturated carbocycles. The van der Waals surface area contributed by atoms with Gasteiger partial charge in [0.1, 0.15) is 6.10 Å². The molecule has 0 unspecified atom stereocenters. The second kappa shape index (κ2) is 9.15. The number of ether oxygens (including phenoxy) is 1. The van der Waals surface area contributed by atoms with Gasteiger partial charge in [-0.3, -0.25) is 9.59 Å². The zero-order chi connectivity index (χ0) is 20.3. The number of carbonyl (C=O) groups is 2. The second-order valence-electron chi connectivity index (χ2n) is 10.1. The van der Waals surface area contributed by atoms with Crippen LogP contribution in [0, 0.1) is 29.1 Å². The van der Waals surface area contributed by atoms with Crippen LogP contribution in [0.5, 0.6) is 0 Å². The molecule has 3 aliphatic rings. The fraction of sp³-hybridized carbons (Fsp3) is 0.913. The zero-order valence-corrected chi connectivity index (χ0v) is 17.6. The molecule has 5 heteroatoms. The van der Waals surface area contributed by atoms with Crippen molar-refractivity contribution in [3.8, 4) is 0 Å². The third-order valence-corrected chi connectivity index (χ3v) is 8.14. The van der Waals surface area contributed by atoms with Crippen LogP contribution in [-0.4, -0.2) is 34.4 Å². The summed E-state index contributed by atoms with van der Waals surface area (Å²) in [7, 11) is 0. The van der Waals surface area contributed by atoms with Crippen LogP contribution in [0.4, 0.5) is 0 Å². The van der Waals surface area contributed by atoms with E-state index in [4.69, 9.17) is 4.74 Å². The molecule has 2 N–H and O–H groups in total. The van der Waals surface area contributed by atoms with Gasteiger partial charge in [-0.25, -0.2) is 0 Å². The van der Waals surface area contributed by atoms with Crippen LogP contribution in [0.15, 0.2) is 0 Å². The molecule has 5 nitrogen and oxygen atoms in total. The van der Waals surface area contributed by atoms with E-state index < -0.39 is 17.8 Å². The molecular weight excluding hydrogens is 356 g/mol. The van der Waals surface area contributed by atoms with Crippen LogP contribution < -0.4 is 0 Å². The van der Waals surface area contributed by atoms with Crippen molar-refractivity contribution < 1.29 is 24.5 Å². The van der Waals surface area contributed by atoms with E-state index in [0.717, 1.165) is 64.2 Å². The number of aliphatic hydroxyl groups is 1. The van der Waals surface area contributed by atoms with Crippen molar-refractivity contribution in [2.24, 2.45) is 29.1 Å². The van der Waals surface area contributed by atoms with Crippen LogP contribution in [0.3, 0.4) is 0 Å². The van der Waals surface area contributed by atoms with E-state index in [-0.39, 0.29) is 23.6 Å². The van der Waals surface area contributed by atoms with Gasteiger partial charge in [-0.05, 0) is 81.5 Å². The molecule has 0 aliphatic heterocycles. The topological polar surface area (TPSA) is 83.8 Å². The summed E-state index contributed by atoms with van der Waals surface area (Å²) >= 11 is 0. The van der Waals surface area contributed by atoms with Gasteiger partial charge in [-0.15, -0.1) is 0 Å². The fourth-order valence-electron chi connectivity index (χ4n) is 6.04. The summed E-state index contributed by atoms with van der Waals surface area (Å²) in [5.74, 6) is -0.879. The Morgan fingerprint density at radius 2 is 1.29 bits per heavy atom.